The molecule has 2 aliphatic carbocycles. The third-order valence-corrected chi connectivity index (χ3v) is 7.51. The molecule has 0 radical (unpaired) electrons. The molecule has 3 heteroatoms. The van der Waals surface area contributed by atoms with Crippen LogP contribution in [0.2, 0.25) is 0 Å². The van der Waals surface area contributed by atoms with Gasteiger partial charge in [-0.3, -0.25) is 0 Å². The lowest BCUT2D eigenvalue weighted by molar-refractivity contribution is -0.140. The molecular weight excluding hydrogens is 372 g/mol. The first-order chi connectivity index (χ1) is 14.5. The van der Waals surface area contributed by atoms with E-state index in [1.54, 1.807) is 6.92 Å². The van der Waals surface area contributed by atoms with Gasteiger partial charge >= 0.3 is 5.97 Å². The average molecular weight is 413 g/mol. The molecular formula is C27H40O3. The van der Waals surface area contributed by atoms with E-state index in [1.807, 2.05) is 0 Å². The summed E-state index contributed by atoms with van der Waals surface area (Å²) in [5, 5.41) is 9.22. The van der Waals surface area contributed by atoms with Crippen molar-refractivity contribution in [3.8, 4) is 0 Å². The fraction of sp³-hybridized carbons (Fsp3) is 0.667. The largest absolute Gasteiger partial charge is 0.457 e. The predicted octanol–water partition coefficient (Wildman–Crippen LogP) is 6.33. The summed E-state index contributed by atoms with van der Waals surface area (Å²) in [7, 11) is 0. The summed E-state index contributed by atoms with van der Waals surface area (Å²) >= 11 is 0. The number of carbonyl (C=O) groups is 1. The molecule has 3 nitrogen and oxygen atoms in total. The minimum Gasteiger partial charge on any atom is -0.457 e. The van der Waals surface area contributed by atoms with Crippen molar-refractivity contribution in [2.24, 2.45) is 17.8 Å². The summed E-state index contributed by atoms with van der Waals surface area (Å²) in [6, 6.07) is 6.71. The Morgan fingerprint density at radius 2 is 1.67 bits per heavy atom. The Morgan fingerprint density at radius 1 is 1.03 bits per heavy atom. The van der Waals surface area contributed by atoms with Gasteiger partial charge in [0.25, 0.3) is 0 Å². The van der Waals surface area contributed by atoms with Gasteiger partial charge in [-0.2, -0.15) is 0 Å². The molecule has 2 saturated carbocycles. The Balaban J connectivity index is 1.63. The summed E-state index contributed by atoms with van der Waals surface area (Å²) in [6.07, 6.45) is 12.5. The zero-order valence-electron chi connectivity index (χ0n) is 19.0. The van der Waals surface area contributed by atoms with E-state index in [2.05, 4.69) is 31.7 Å². The second kappa shape index (κ2) is 11.1. The van der Waals surface area contributed by atoms with Gasteiger partial charge in [-0.25, -0.2) is 4.79 Å². The van der Waals surface area contributed by atoms with Gasteiger partial charge in [0, 0.05) is 12.2 Å². The normalized spacial score (nSPS) is 26.9. The summed E-state index contributed by atoms with van der Waals surface area (Å²) in [5.74, 6) is 3.09. The number of carbonyl (C=O) groups excluding carboxylic acids is 1. The molecule has 2 aliphatic rings. The van der Waals surface area contributed by atoms with E-state index < -0.39 is 0 Å². The molecule has 0 aromatic heterocycles. The van der Waals surface area contributed by atoms with E-state index in [0.29, 0.717) is 11.5 Å². The minimum absolute atomic E-state index is 0.177. The average Bonchev–Trinajstić information content (AvgIpc) is 2.77. The van der Waals surface area contributed by atoms with Crippen LogP contribution in [0.4, 0.5) is 0 Å². The van der Waals surface area contributed by atoms with Gasteiger partial charge in [0.15, 0.2) is 0 Å². The van der Waals surface area contributed by atoms with E-state index in [-0.39, 0.29) is 19.2 Å². The first-order valence-corrected chi connectivity index (χ1v) is 12.0. The summed E-state index contributed by atoms with van der Waals surface area (Å²) in [4.78, 5) is 11.9. The molecule has 2 fully saturated rings. The van der Waals surface area contributed by atoms with Gasteiger partial charge in [-0.05, 0) is 98.7 Å². The molecule has 0 saturated heterocycles. The smallest absolute Gasteiger partial charge is 0.333 e. The number of ether oxygens (including phenoxy) is 1. The minimum atomic E-state index is -0.337. The van der Waals surface area contributed by atoms with E-state index in [1.165, 1.54) is 62.5 Å². The topological polar surface area (TPSA) is 46.5 Å². The molecule has 1 aromatic rings. The van der Waals surface area contributed by atoms with Crippen LogP contribution >= 0.6 is 0 Å². The van der Waals surface area contributed by atoms with Gasteiger partial charge < -0.3 is 9.84 Å². The third-order valence-electron chi connectivity index (χ3n) is 7.51. The lowest BCUT2D eigenvalue weighted by Gasteiger charge is -2.37. The van der Waals surface area contributed by atoms with Crippen molar-refractivity contribution >= 4 is 5.97 Å². The Morgan fingerprint density at radius 3 is 2.27 bits per heavy atom. The van der Waals surface area contributed by atoms with Crippen LogP contribution in [0.5, 0.6) is 0 Å². The molecule has 166 valence electrons. The standard InChI is InChI=1S/C27H40O3/c1-19(2)27(29)30-18-26-17-25(15-14-21(26)5-4-16-28)24-12-10-23(11-13-24)22-8-6-20(3)7-9-22/h14-15,17,20,22-24,28H,1,4-13,16,18H2,2-3H3. The van der Waals surface area contributed by atoms with Crippen molar-refractivity contribution < 1.29 is 14.6 Å². The lowest BCUT2D eigenvalue weighted by Crippen LogP contribution is -2.24. The monoisotopic (exact) mass is 412 g/mol. The van der Waals surface area contributed by atoms with Crippen LogP contribution < -0.4 is 0 Å². The van der Waals surface area contributed by atoms with Crippen LogP contribution in [-0.4, -0.2) is 17.7 Å². The van der Waals surface area contributed by atoms with E-state index in [4.69, 9.17) is 4.74 Å². The van der Waals surface area contributed by atoms with Gasteiger partial charge in [0.1, 0.15) is 6.61 Å². The number of esters is 1. The molecule has 1 aromatic carbocycles. The molecule has 0 unspecified atom stereocenters. The number of aliphatic hydroxyl groups excluding tert-OH is 1. The Labute approximate surface area is 182 Å². The molecule has 3 rings (SSSR count). The van der Waals surface area contributed by atoms with Gasteiger partial charge in [-0.1, -0.05) is 44.5 Å². The number of aryl methyl sites for hydroxylation is 1. The molecule has 0 amide bonds. The van der Waals surface area contributed by atoms with Crippen molar-refractivity contribution in [1.29, 1.82) is 0 Å². The van der Waals surface area contributed by atoms with Crippen molar-refractivity contribution in [2.45, 2.75) is 90.6 Å². The number of hydrogen-bond acceptors (Lipinski definition) is 3. The van der Waals surface area contributed by atoms with Gasteiger partial charge in [0.05, 0.1) is 0 Å². The number of hydrogen-bond donors (Lipinski definition) is 1. The number of benzene rings is 1. The third kappa shape index (κ3) is 6.20. The summed E-state index contributed by atoms with van der Waals surface area (Å²) in [5.41, 5.74) is 4.07. The van der Waals surface area contributed by atoms with Gasteiger partial charge in [-0.15, -0.1) is 0 Å². The molecule has 0 aliphatic heterocycles. The molecule has 1 N–H and O–H groups in total. The maximum absolute atomic E-state index is 11.9. The van der Waals surface area contributed by atoms with Crippen LogP contribution in [-0.2, 0) is 22.6 Å². The highest BCUT2D eigenvalue weighted by atomic mass is 16.5. The van der Waals surface area contributed by atoms with Crippen LogP contribution in [0, 0.1) is 17.8 Å². The van der Waals surface area contributed by atoms with E-state index in [9.17, 15) is 9.90 Å². The second-order valence-electron chi connectivity index (χ2n) is 9.84. The first kappa shape index (κ1) is 23.1. The molecule has 0 spiro atoms. The molecule has 30 heavy (non-hydrogen) atoms. The predicted molar refractivity (Wildman–Crippen MR) is 122 cm³/mol. The SMILES string of the molecule is C=C(C)C(=O)OCc1cc(C2CCC(C3CCC(C)CC3)CC2)ccc1CCCO. The van der Waals surface area contributed by atoms with Crippen LogP contribution in [0.15, 0.2) is 30.4 Å². The van der Waals surface area contributed by atoms with Crippen molar-refractivity contribution in [1.82, 2.24) is 0 Å². The van der Waals surface area contributed by atoms with Crippen LogP contribution in [0.3, 0.4) is 0 Å². The molecule has 0 bridgehead atoms. The van der Waals surface area contributed by atoms with Crippen LogP contribution in [0.1, 0.15) is 94.2 Å². The quantitative estimate of drug-likeness (QED) is 0.401. The second-order valence-corrected chi connectivity index (χ2v) is 9.84. The van der Waals surface area contributed by atoms with Crippen molar-refractivity contribution in [3.63, 3.8) is 0 Å². The maximum atomic E-state index is 11.9. The lowest BCUT2D eigenvalue weighted by atomic mass is 9.68. The first-order valence-electron chi connectivity index (χ1n) is 12.0. The number of aliphatic hydroxyl groups is 1. The fourth-order valence-corrected chi connectivity index (χ4v) is 5.50. The number of rotatable bonds is 8. The summed E-state index contributed by atoms with van der Waals surface area (Å²) in [6.45, 7) is 8.22. The van der Waals surface area contributed by atoms with Crippen molar-refractivity contribution in [3.05, 3.63) is 47.0 Å². The van der Waals surface area contributed by atoms with E-state index in [0.717, 1.165) is 36.2 Å². The Bertz CT molecular complexity index is 707. The Hall–Kier alpha value is -1.61. The zero-order chi connectivity index (χ0) is 21.5. The van der Waals surface area contributed by atoms with Crippen molar-refractivity contribution in [2.75, 3.05) is 6.61 Å². The highest BCUT2D eigenvalue weighted by Crippen LogP contribution is 2.44. The maximum Gasteiger partial charge on any atom is 0.333 e. The van der Waals surface area contributed by atoms with Crippen LogP contribution in [0.25, 0.3) is 0 Å². The Kier molecular flexibility index (Phi) is 8.56. The zero-order valence-corrected chi connectivity index (χ0v) is 19.0. The van der Waals surface area contributed by atoms with Gasteiger partial charge in [0.2, 0.25) is 0 Å². The highest BCUT2D eigenvalue weighted by molar-refractivity contribution is 5.86. The molecule has 0 atom stereocenters. The summed E-state index contributed by atoms with van der Waals surface area (Å²) < 4.78 is 5.46. The molecule has 0 heterocycles. The highest BCUT2D eigenvalue weighted by Gasteiger charge is 2.30. The fourth-order valence-electron chi connectivity index (χ4n) is 5.50. The van der Waals surface area contributed by atoms with E-state index >= 15 is 0 Å².